The molecule has 0 radical (unpaired) electrons. The van der Waals surface area contributed by atoms with Crippen molar-refractivity contribution in [2.75, 3.05) is 0 Å². The van der Waals surface area contributed by atoms with Gasteiger partial charge in [-0.3, -0.25) is 9.67 Å². The zero-order chi connectivity index (χ0) is 17.6. The molecular formula is C17H14N4O2S2. The molecule has 25 heavy (non-hydrogen) atoms. The van der Waals surface area contributed by atoms with Crippen LogP contribution in [0.15, 0.2) is 35.8 Å². The average Bonchev–Trinajstić information content (AvgIpc) is 3.20. The summed E-state index contributed by atoms with van der Waals surface area (Å²) in [6.07, 6.45) is 0.636. The number of thiazole rings is 1. The van der Waals surface area contributed by atoms with E-state index in [4.69, 9.17) is 12.2 Å². The Morgan fingerprint density at radius 2 is 2.04 bits per heavy atom. The summed E-state index contributed by atoms with van der Waals surface area (Å²) in [5.41, 5.74) is 4.78. The quantitative estimate of drug-likeness (QED) is 0.471. The fraction of sp³-hybridized carbons (Fsp3) is 0.118. The van der Waals surface area contributed by atoms with Gasteiger partial charge in [-0.1, -0.05) is 6.92 Å². The van der Waals surface area contributed by atoms with Gasteiger partial charge in [0.15, 0.2) is 10.6 Å². The Morgan fingerprint density at radius 3 is 2.84 bits per heavy atom. The number of aryl methyl sites for hydroxylation is 1. The third-order valence-electron chi connectivity index (χ3n) is 4.06. The number of phenols is 2. The third kappa shape index (κ3) is 2.59. The molecule has 0 saturated heterocycles. The molecule has 6 nitrogen and oxygen atoms in total. The molecule has 0 aliphatic rings. The van der Waals surface area contributed by atoms with Crippen molar-refractivity contribution in [1.82, 2.24) is 19.7 Å². The van der Waals surface area contributed by atoms with Gasteiger partial charge in [0.2, 0.25) is 0 Å². The number of aromatic nitrogens is 4. The van der Waals surface area contributed by atoms with Gasteiger partial charge in [-0.2, -0.15) is 5.10 Å². The molecule has 0 spiro atoms. The monoisotopic (exact) mass is 370 g/mol. The molecule has 8 heteroatoms. The van der Waals surface area contributed by atoms with Gasteiger partial charge >= 0.3 is 0 Å². The van der Waals surface area contributed by atoms with Crippen molar-refractivity contribution in [2.45, 2.75) is 13.3 Å². The number of nitrogens with zero attached hydrogens (tertiary/aromatic N) is 3. The maximum Gasteiger partial charge on any atom is 0.200 e. The summed E-state index contributed by atoms with van der Waals surface area (Å²) in [4.78, 5) is 4.28. The van der Waals surface area contributed by atoms with E-state index >= 15 is 0 Å². The lowest BCUT2D eigenvalue weighted by Gasteiger charge is -2.11. The van der Waals surface area contributed by atoms with Gasteiger partial charge in [-0.15, -0.1) is 11.3 Å². The Balaban J connectivity index is 1.95. The highest BCUT2D eigenvalue weighted by Crippen LogP contribution is 2.35. The SMILES string of the molecule is CCc1cc(-c2n[nH]c(=S)n2-c2ccc3ncsc3c2)c(O)cc1O. The molecule has 0 aliphatic carbocycles. The first-order valence-corrected chi connectivity index (χ1v) is 8.93. The summed E-state index contributed by atoms with van der Waals surface area (Å²) in [6, 6.07) is 8.89. The number of aromatic hydroxyl groups is 2. The van der Waals surface area contributed by atoms with Crippen LogP contribution in [0.3, 0.4) is 0 Å². The number of H-pyrrole nitrogens is 1. The van der Waals surface area contributed by atoms with Crippen molar-refractivity contribution < 1.29 is 10.2 Å². The van der Waals surface area contributed by atoms with E-state index in [1.54, 1.807) is 27.5 Å². The van der Waals surface area contributed by atoms with Gasteiger partial charge in [0, 0.05) is 6.07 Å². The molecule has 0 amide bonds. The van der Waals surface area contributed by atoms with Crippen LogP contribution in [0.5, 0.6) is 11.5 Å². The maximum absolute atomic E-state index is 10.3. The Bertz CT molecular complexity index is 1140. The van der Waals surface area contributed by atoms with Crippen molar-refractivity contribution in [3.63, 3.8) is 0 Å². The van der Waals surface area contributed by atoms with Crippen molar-refractivity contribution >= 4 is 33.8 Å². The summed E-state index contributed by atoms with van der Waals surface area (Å²) in [7, 11) is 0. The molecule has 0 bridgehead atoms. The highest BCUT2D eigenvalue weighted by Gasteiger charge is 2.17. The number of fused-ring (bicyclic) bond motifs is 1. The molecule has 3 N–H and O–H groups in total. The van der Waals surface area contributed by atoms with E-state index in [2.05, 4.69) is 15.2 Å². The Hall–Kier alpha value is -2.71. The molecular weight excluding hydrogens is 356 g/mol. The lowest BCUT2D eigenvalue weighted by atomic mass is 10.1. The third-order valence-corrected chi connectivity index (χ3v) is 5.13. The normalized spacial score (nSPS) is 11.2. The molecule has 0 atom stereocenters. The van der Waals surface area contributed by atoms with Gasteiger partial charge in [-0.05, 0) is 48.5 Å². The number of benzene rings is 2. The minimum Gasteiger partial charge on any atom is -0.508 e. The minimum absolute atomic E-state index is 0.0520. The number of nitrogens with one attached hydrogen (secondary N) is 1. The van der Waals surface area contributed by atoms with Crippen LogP contribution < -0.4 is 0 Å². The molecule has 4 aromatic rings. The van der Waals surface area contributed by atoms with Crippen LogP contribution in [-0.4, -0.2) is 30.0 Å². The standard InChI is InChI=1S/C17H14N4O2S2/c1-2-9-5-11(14(23)7-13(9)22)16-19-20-17(24)21(16)10-3-4-12-15(6-10)25-8-18-12/h3-8,22-23H,2H2,1H3,(H,20,24). The van der Waals surface area contributed by atoms with E-state index in [1.165, 1.54) is 6.07 Å². The molecule has 2 aromatic carbocycles. The van der Waals surface area contributed by atoms with Crippen LogP contribution in [0.4, 0.5) is 0 Å². The van der Waals surface area contributed by atoms with Crippen LogP contribution >= 0.6 is 23.6 Å². The van der Waals surface area contributed by atoms with E-state index in [-0.39, 0.29) is 11.5 Å². The molecule has 2 aromatic heterocycles. The number of hydrogen-bond acceptors (Lipinski definition) is 6. The van der Waals surface area contributed by atoms with E-state index < -0.39 is 0 Å². The van der Waals surface area contributed by atoms with Crippen LogP contribution in [-0.2, 0) is 6.42 Å². The number of hydrogen-bond donors (Lipinski definition) is 3. The van der Waals surface area contributed by atoms with Crippen LogP contribution in [0.25, 0.3) is 27.3 Å². The largest absolute Gasteiger partial charge is 0.508 e. The fourth-order valence-electron chi connectivity index (χ4n) is 2.78. The summed E-state index contributed by atoms with van der Waals surface area (Å²) < 4.78 is 3.22. The molecule has 4 rings (SSSR count). The van der Waals surface area contributed by atoms with E-state index in [1.807, 2.05) is 25.1 Å². The topological polar surface area (TPSA) is 87.0 Å². The smallest absolute Gasteiger partial charge is 0.200 e. The second-order valence-corrected chi connectivity index (χ2v) is 6.82. The molecule has 0 aliphatic heterocycles. The summed E-state index contributed by atoms with van der Waals surface area (Å²) in [5.74, 6) is 0.500. The maximum atomic E-state index is 10.3. The van der Waals surface area contributed by atoms with E-state index in [0.29, 0.717) is 22.6 Å². The Labute approximate surface area is 152 Å². The highest BCUT2D eigenvalue weighted by molar-refractivity contribution is 7.71. The molecule has 2 heterocycles. The lowest BCUT2D eigenvalue weighted by molar-refractivity contribution is 0.447. The summed E-state index contributed by atoms with van der Waals surface area (Å²) in [5, 5.41) is 27.3. The predicted octanol–water partition coefficient (Wildman–Crippen LogP) is 4.18. The minimum atomic E-state index is -0.0520. The molecule has 126 valence electrons. The Morgan fingerprint density at radius 1 is 1.20 bits per heavy atom. The van der Waals surface area contributed by atoms with Gasteiger partial charge in [-0.25, -0.2) is 4.98 Å². The second kappa shape index (κ2) is 5.98. The van der Waals surface area contributed by atoms with Gasteiger partial charge in [0.25, 0.3) is 0 Å². The lowest BCUT2D eigenvalue weighted by Crippen LogP contribution is -1.98. The fourth-order valence-corrected chi connectivity index (χ4v) is 3.73. The molecule has 0 saturated carbocycles. The van der Waals surface area contributed by atoms with Crippen molar-refractivity contribution in [1.29, 1.82) is 0 Å². The first kappa shape index (κ1) is 15.8. The second-order valence-electron chi connectivity index (χ2n) is 5.54. The zero-order valence-corrected chi connectivity index (χ0v) is 14.9. The van der Waals surface area contributed by atoms with Gasteiger partial charge in [0.1, 0.15) is 11.5 Å². The van der Waals surface area contributed by atoms with Crippen molar-refractivity contribution in [3.8, 4) is 28.6 Å². The first-order chi connectivity index (χ1) is 12.1. The van der Waals surface area contributed by atoms with E-state index in [9.17, 15) is 10.2 Å². The van der Waals surface area contributed by atoms with E-state index in [0.717, 1.165) is 21.5 Å². The number of rotatable bonds is 3. The van der Waals surface area contributed by atoms with Gasteiger partial charge in [0.05, 0.1) is 27.0 Å². The molecule has 0 fully saturated rings. The summed E-state index contributed by atoms with van der Waals surface area (Å²) >= 11 is 6.93. The van der Waals surface area contributed by atoms with Crippen LogP contribution in [0.1, 0.15) is 12.5 Å². The van der Waals surface area contributed by atoms with Crippen LogP contribution in [0, 0.1) is 4.77 Å². The van der Waals surface area contributed by atoms with Crippen LogP contribution in [0.2, 0.25) is 0 Å². The highest BCUT2D eigenvalue weighted by atomic mass is 32.1. The van der Waals surface area contributed by atoms with Crippen molar-refractivity contribution in [2.24, 2.45) is 0 Å². The number of aromatic amines is 1. The summed E-state index contributed by atoms with van der Waals surface area (Å²) in [6.45, 7) is 1.94. The number of phenolic OH excluding ortho intramolecular Hbond substituents is 2. The predicted molar refractivity (Wildman–Crippen MR) is 100 cm³/mol. The Kier molecular flexibility index (Phi) is 3.78. The first-order valence-electron chi connectivity index (χ1n) is 7.64. The van der Waals surface area contributed by atoms with Gasteiger partial charge < -0.3 is 10.2 Å². The van der Waals surface area contributed by atoms with Crippen molar-refractivity contribution in [3.05, 3.63) is 46.2 Å². The zero-order valence-electron chi connectivity index (χ0n) is 13.2. The molecule has 0 unspecified atom stereocenters. The average molecular weight is 370 g/mol.